The average Bonchev–Trinajstić information content (AvgIpc) is 2.85. The molecule has 5 heteroatoms. The standard InChI is InChI=1S/C11H15N3OS/c1-9(15)5-13-6-11-4-10(7-16-11)14-3-2-12-8-14/h2-4,7-9,13,15H,5-6H2,1H3/t9-/m1/s1. The molecular weight excluding hydrogens is 222 g/mol. The Labute approximate surface area is 98.6 Å². The van der Waals surface area contributed by atoms with E-state index in [1.807, 2.05) is 10.8 Å². The SMILES string of the molecule is C[C@@H](O)CNCc1cc(-n2ccnc2)cs1. The van der Waals surface area contributed by atoms with Crippen LogP contribution >= 0.6 is 11.3 Å². The highest BCUT2D eigenvalue weighted by Crippen LogP contribution is 2.17. The van der Waals surface area contributed by atoms with Crippen LogP contribution in [-0.2, 0) is 6.54 Å². The number of aromatic nitrogens is 2. The van der Waals surface area contributed by atoms with E-state index in [0.717, 1.165) is 12.2 Å². The Kier molecular flexibility index (Phi) is 3.71. The normalized spacial score (nSPS) is 12.9. The van der Waals surface area contributed by atoms with Gasteiger partial charge in [-0.05, 0) is 13.0 Å². The molecule has 4 nitrogen and oxygen atoms in total. The van der Waals surface area contributed by atoms with Crippen molar-refractivity contribution in [2.45, 2.75) is 19.6 Å². The molecule has 0 spiro atoms. The van der Waals surface area contributed by atoms with Crippen molar-refractivity contribution in [3.63, 3.8) is 0 Å². The van der Waals surface area contributed by atoms with Crippen molar-refractivity contribution in [1.29, 1.82) is 0 Å². The van der Waals surface area contributed by atoms with Gasteiger partial charge < -0.3 is 15.0 Å². The van der Waals surface area contributed by atoms with Crippen LogP contribution in [0.1, 0.15) is 11.8 Å². The fourth-order valence-electron chi connectivity index (χ4n) is 1.41. The molecule has 0 saturated heterocycles. The number of rotatable bonds is 5. The van der Waals surface area contributed by atoms with Gasteiger partial charge in [-0.1, -0.05) is 0 Å². The van der Waals surface area contributed by atoms with Crippen molar-refractivity contribution in [1.82, 2.24) is 14.9 Å². The molecule has 16 heavy (non-hydrogen) atoms. The predicted octanol–water partition coefficient (Wildman–Crippen LogP) is 1.40. The van der Waals surface area contributed by atoms with Crippen LogP contribution in [0.4, 0.5) is 0 Å². The second-order valence-corrected chi connectivity index (χ2v) is 4.72. The monoisotopic (exact) mass is 237 g/mol. The van der Waals surface area contributed by atoms with E-state index in [1.165, 1.54) is 4.88 Å². The minimum absolute atomic E-state index is 0.298. The van der Waals surface area contributed by atoms with E-state index in [4.69, 9.17) is 5.11 Å². The Hall–Kier alpha value is -1.17. The molecule has 0 saturated carbocycles. The first-order chi connectivity index (χ1) is 7.75. The molecule has 1 atom stereocenters. The summed E-state index contributed by atoms with van der Waals surface area (Å²) < 4.78 is 1.98. The van der Waals surface area contributed by atoms with Gasteiger partial charge in [0.15, 0.2) is 0 Å². The summed E-state index contributed by atoms with van der Waals surface area (Å²) in [6, 6.07) is 2.13. The zero-order valence-corrected chi connectivity index (χ0v) is 9.94. The summed E-state index contributed by atoms with van der Waals surface area (Å²) in [7, 11) is 0. The third-order valence-electron chi connectivity index (χ3n) is 2.18. The van der Waals surface area contributed by atoms with Crippen LogP contribution in [0.3, 0.4) is 0 Å². The molecule has 2 aromatic rings. The fraction of sp³-hybridized carbons (Fsp3) is 0.364. The average molecular weight is 237 g/mol. The van der Waals surface area contributed by atoms with Gasteiger partial charge in [0.1, 0.15) is 0 Å². The van der Waals surface area contributed by atoms with Crippen LogP contribution in [0.2, 0.25) is 0 Å². The molecule has 0 unspecified atom stereocenters. The number of hydrogen-bond donors (Lipinski definition) is 2. The number of aliphatic hydroxyl groups is 1. The highest BCUT2D eigenvalue weighted by molar-refractivity contribution is 7.10. The summed E-state index contributed by atoms with van der Waals surface area (Å²) in [6.45, 7) is 3.20. The first kappa shape index (κ1) is 11.3. The predicted molar refractivity (Wildman–Crippen MR) is 64.8 cm³/mol. The fourth-order valence-corrected chi connectivity index (χ4v) is 2.25. The first-order valence-corrected chi connectivity index (χ1v) is 6.08. The van der Waals surface area contributed by atoms with Crippen LogP contribution in [0.25, 0.3) is 5.69 Å². The van der Waals surface area contributed by atoms with Crippen molar-refractivity contribution in [3.05, 3.63) is 35.0 Å². The highest BCUT2D eigenvalue weighted by Gasteiger charge is 2.01. The van der Waals surface area contributed by atoms with Gasteiger partial charge in [0, 0.05) is 35.7 Å². The molecule has 0 radical (unpaired) electrons. The maximum Gasteiger partial charge on any atom is 0.0991 e. The van der Waals surface area contributed by atoms with Gasteiger partial charge in [-0.25, -0.2) is 4.98 Å². The number of thiophene rings is 1. The lowest BCUT2D eigenvalue weighted by atomic mass is 10.4. The van der Waals surface area contributed by atoms with Crippen molar-refractivity contribution < 1.29 is 5.11 Å². The zero-order valence-electron chi connectivity index (χ0n) is 9.13. The van der Waals surface area contributed by atoms with E-state index in [1.54, 1.807) is 30.8 Å². The Balaban J connectivity index is 1.93. The Bertz CT molecular complexity index is 422. The number of nitrogens with zero attached hydrogens (tertiary/aromatic N) is 2. The Morgan fingerprint density at radius 1 is 1.62 bits per heavy atom. The van der Waals surface area contributed by atoms with Gasteiger partial charge >= 0.3 is 0 Å². The van der Waals surface area contributed by atoms with Gasteiger partial charge in [-0.2, -0.15) is 0 Å². The maximum atomic E-state index is 9.11. The molecule has 0 aromatic carbocycles. The topological polar surface area (TPSA) is 50.1 Å². The Morgan fingerprint density at radius 2 is 2.50 bits per heavy atom. The first-order valence-electron chi connectivity index (χ1n) is 5.20. The number of imidazole rings is 1. The quantitative estimate of drug-likeness (QED) is 0.826. The van der Waals surface area contributed by atoms with Crippen molar-refractivity contribution in [2.24, 2.45) is 0 Å². The van der Waals surface area contributed by atoms with E-state index >= 15 is 0 Å². The second kappa shape index (κ2) is 5.25. The molecule has 2 N–H and O–H groups in total. The van der Waals surface area contributed by atoms with Crippen LogP contribution in [0, 0.1) is 0 Å². The molecular formula is C11H15N3OS. The van der Waals surface area contributed by atoms with Gasteiger partial charge in [0.05, 0.1) is 18.1 Å². The molecule has 0 amide bonds. The molecule has 0 bridgehead atoms. The third kappa shape index (κ3) is 2.91. The number of hydrogen-bond acceptors (Lipinski definition) is 4. The summed E-state index contributed by atoms with van der Waals surface area (Å²) in [4.78, 5) is 5.27. The van der Waals surface area contributed by atoms with Gasteiger partial charge in [-0.3, -0.25) is 0 Å². The van der Waals surface area contributed by atoms with Crippen LogP contribution < -0.4 is 5.32 Å². The smallest absolute Gasteiger partial charge is 0.0991 e. The van der Waals surface area contributed by atoms with Crippen molar-refractivity contribution >= 4 is 11.3 Å². The van der Waals surface area contributed by atoms with Crippen LogP contribution in [0.15, 0.2) is 30.2 Å². The lowest BCUT2D eigenvalue weighted by molar-refractivity contribution is 0.191. The van der Waals surface area contributed by atoms with Crippen LogP contribution in [-0.4, -0.2) is 27.3 Å². The number of aliphatic hydroxyl groups excluding tert-OH is 1. The largest absolute Gasteiger partial charge is 0.392 e. The lowest BCUT2D eigenvalue weighted by Gasteiger charge is -2.04. The van der Waals surface area contributed by atoms with E-state index < -0.39 is 0 Å². The molecule has 0 fully saturated rings. The van der Waals surface area contributed by atoms with E-state index in [2.05, 4.69) is 21.7 Å². The lowest BCUT2D eigenvalue weighted by Crippen LogP contribution is -2.23. The minimum atomic E-state index is -0.298. The van der Waals surface area contributed by atoms with E-state index in [9.17, 15) is 0 Å². The van der Waals surface area contributed by atoms with Crippen molar-refractivity contribution in [2.75, 3.05) is 6.54 Å². The molecule has 0 aliphatic carbocycles. The molecule has 2 rings (SSSR count). The molecule has 0 aliphatic rings. The molecule has 86 valence electrons. The maximum absolute atomic E-state index is 9.11. The number of nitrogens with one attached hydrogen (secondary N) is 1. The molecule has 2 aromatic heterocycles. The summed E-state index contributed by atoms with van der Waals surface area (Å²) in [5.74, 6) is 0. The van der Waals surface area contributed by atoms with E-state index in [0.29, 0.717) is 6.54 Å². The highest BCUT2D eigenvalue weighted by atomic mass is 32.1. The summed E-state index contributed by atoms with van der Waals surface area (Å²) in [5, 5.41) is 14.4. The third-order valence-corrected chi connectivity index (χ3v) is 3.11. The van der Waals surface area contributed by atoms with Gasteiger partial charge in [0.25, 0.3) is 0 Å². The Morgan fingerprint density at radius 3 is 3.19 bits per heavy atom. The summed E-state index contributed by atoms with van der Waals surface area (Å²) in [5.41, 5.74) is 1.14. The second-order valence-electron chi connectivity index (χ2n) is 3.72. The molecule has 0 aliphatic heterocycles. The van der Waals surface area contributed by atoms with Crippen molar-refractivity contribution in [3.8, 4) is 5.69 Å². The zero-order chi connectivity index (χ0) is 11.4. The van der Waals surface area contributed by atoms with Gasteiger partial charge in [0.2, 0.25) is 0 Å². The van der Waals surface area contributed by atoms with Gasteiger partial charge in [-0.15, -0.1) is 11.3 Å². The van der Waals surface area contributed by atoms with E-state index in [-0.39, 0.29) is 6.10 Å². The van der Waals surface area contributed by atoms with Crippen LogP contribution in [0.5, 0.6) is 0 Å². The summed E-state index contributed by atoms with van der Waals surface area (Å²) >= 11 is 1.71. The minimum Gasteiger partial charge on any atom is -0.392 e. The summed E-state index contributed by atoms with van der Waals surface area (Å²) in [6.07, 6.45) is 5.18. The molecule has 2 heterocycles.